The van der Waals surface area contributed by atoms with Gasteiger partial charge in [-0.1, -0.05) is 42.3 Å². The van der Waals surface area contributed by atoms with Crippen molar-refractivity contribution < 1.29 is 17.9 Å². The minimum absolute atomic E-state index is 0.200. The van der Waals surface area contributed by atoms with Crippen LogP contribution >= 0.6 is 23.2 Å². The van der Waals surface area contributed by atoms with E-state index in [0.717, 1.165) is 10.6 Å². The average Bonchev–Trinajstić information content (AvgIpc) is 2.64. The van der Waals surface area contributed by atoms with Crippen molar-refractivity contribution in [3.63, 3.8) is 0 Å². The molecule has 0 unspecified atom stereocenters. The predicted octanol–water partition coefficient (Wildman–Crippen LogP) is 3.73. The SMILES string of the molecule is CC[C@H](C(=O)NCCOc1ccccc1Cl)N(c1ccc(Cl)cc1)S(C)(=O)=O. The molecule has 0 spiro atoms. The highest BCUT2D eigenvalue weighted by atomic mass is 35.5. The number of nitrogens with one attached hydrogen (secondary N) is 1. The number of carbonyl (C=O) groups excluding carboxylic acids is 1. The Bertz CT molecular complexity index is 904. The van der Waals surface area contributed by atoms with E-state index in [2.05, 4.69) is 5.32 Å². The lowest BCUT2D eigenvalue weighted by Crippen LogP contribution is -2.50. The monoisotopic (exact) mass is 444 g/mol. The molecule has 0 radical (unpaired) electrons. The number of benzene rings is 2. The molecule has 6 nitrogen and oxygen atoms in total. The van der Waals surface area contributed by atoms with Gasteiger partial charge in [-0.25, -0.2) is 8.42 Å². The van der Waals surface area contributed by atoms with E-state index >= 15 is 0 Å². The molecule has 0 heterocycles. The van der Waals surface area contributed by atoms with Gasteiger partial charge in [0, 0.05) is 5.02 Å². The smallest absolute Gasteiger partial charge is 0.244 e. The number of hydrogen-bond acceptors (Lipinski definition) is 4. The van der Waals surface area contributed by atoms with Crippen LogP contribution in [0.2, 0.25) is 10.0 Å². The molecule has 0 fully saturated rings. The fourth-order valence-corrected chi connectivity index (χ4v) is 4.19. The molecular weight excluding hydrogens is 423 g/mol. The molecule has 1 N–H and O–H groups in total. The van der Waals surface area contributed by atoms with Gasteiger partial charge < -0.3 is 10.1 Å². The van der Waals surface area contributed by atoms with Gasteiger partial charge in [-0.15, -0.1) is 0 Å². The summed E-state index contributed by atoms with van der Waals surface area (Å²) < 4.78 is 31.3. The summed E-state index contributed by atoms with van der Waals surface area (Å²) in [6, 6.07) is 12.4. The van der Waals surface area contributed by atoms with E-state index in [0.29, 0.717) is 27.9 Å². The van der Waals surface area contributed by atoms with Crippen molar-refractivity contribution in [1.82, 2.24) is 5.32 Å². The molecular formula is C19H22Cl2N2O4S. The second kappa shape index (κ2) is 10.0. The lowest BCUT2D eigenvalue weighted by molar-refractivity contribution is -0.122. The first kappa shape index (κ1) is 22.3. The van der Waals surface area contributed by atoms with Crippen molar-refractivity contribution in [3.8, 4) is 5.75 Å². The quantitative estimate of drug-likeness (QED) is 0.597. The van der Waals surface area contributed by atoms with Crippen LogP contribution in [0.4, 0.5) is 5.69 Å². The number of halogens is 2. The maximum absolute atomic E-state index is 12.7. The third-order valence-electron chi connectivity index (χ3n) is 3.91. The fraction of sp³-hybridized carbons (Fsp3) is 0.316. The summed E-state index contributed by atoms with van der Waals surface area (Å²) in [6.07, 6.45) is 1.37. The number of rotatable bonds is 9. The van der Waals surface area contributed by atoms with Gasteiger partial charge in [-0.3, -0.25) is 9.10 Å². The minimum Gasteiger partial charge on any atom is -0.490 e. The molecule has 0 bridgehead atoms. The Labute approximate surface area is 175 Å². The fourth-order valence-electron chi connectivity index (χ4n) is 2.66. The van der Waals surface area contributed by atoms with Gasteiger partial charge in [-0.2, -0.15) is 0 Å². The normalized spacial score (nSPS) is 12.3. The number of anilines is 1. The summed E-state index contributed by atoms with van der Waals surface area (Å²) in [5.74, 6) is 0.106. The summed E-state index contributed by atoms with van der Waals surface area (Å²) in [6.45, 7) is 2.16. The van der Waals surface area contributed by atoms with Gasteiger partial charge in [0.25, 0.3) is 0 Å². The van der Waals surface area contributed by atoms with Crippen LogP contribution in [-0.4, -0.2) is 39.8 Å². The first-order chi connectivity index (χ1) is 13.2. The molecule has 0 aliphatic heterocycles. The standard InChI is InChI=1S/C19H22Cl2N2O4S/c1-3-17(23(28(2,25)26)15-10-8-14(20)9-11-15)19(24)22-12-13-27-18-7-5-4-6-16(18)21/h4-11,17H,3,12-13H2,1-2H3,(H,22,24)/t17-/m1/s1. The van der Waals surface area contributed by atoms with Crippen LogP contribution in [0.1, 0.15) is 13.3 Å². The van der Waals surface area contributed by atoms with Gasteiger partial charge in [0.15, 0.2) is 0 Å². The third-order valence-corrected chi connectivity index (χ3v) is 5.65. The molecule has 1 amide bonds. The van der Waals surface area contributed by atoms with E-state index in [1.807, 2.05) is 0 Å². The highest BCUT2D eigenvalue weighted by molar-refractivity contribution is 7.92. The Morgan fingerprint density at radius 1 is 1.14 bits per heavy atom. The van der Waals surface area contributed by atoms with Crippen LogP contribution in [0, 0.1) is 0 Å². The summed E-state index contributed by atoms with van der Waals surface area (Å²) >= 11 is 11.9. The Kier molecular flexibility index (Phi) is 7.98. The van der Waals surface area contributed by atoms with Crippen LogP contribution < -0.4 is 14.4 Å². The Morgan fingerprint density at radius 2 is 1.79 bits per heavy atom. The molecule has 0 saturated heterocycles. The predicted molar refractivity (Wildman–Crippen MR) is 113 cm³/mol. The van der Waals surface area contributed by atoms with E-state index in [9.17, 15) is 13.2 Å². The zero-order valence-corrected chi connectivity index (χ0v) is 17.9. The van der Waals surface area contributed by atoms with Gasteiger partial charge in [-0.05, 0) is 42.8 Å². The summed E-state index contributed by atoms with van der Waals surface area (Å²) in [5.41, 5.74) is 0.376. The topological polar surface area (TPSA) is 75.7 Å². The van der Waals surface area contributed by atoms with Gasteiger partial charge in [0.05, 0.1) is 23.5 Å². The maximum Gasteiger partial charge on any atom is 0.244 e. The summed E-state index contributed by atoms with van der Waals surface area (Å²) in [4.78, 5) is 12.7. The molecule has 2 rings (SSSR count). The van der Waals surface area contributed by atoms with Crippen LogP contribution in [0.3, 0.4) is 0 Å². The van der Waals surface area contributed by atoms with Crippen molar-refractivity contribution in [2.24, 2.45) is 0 Å². The number of para-hydroxylation sites is 1. The molecule has 0 aliphatic rings. The molecule has 28 heavy (non-hydrogen) atoms. The van der Waals surface area contributed by atoms with Gasteiger partial charge in [0.2, 0.25) is 15.9 Å². The molecule has 0 saturated carbocycles. The second-order valence-corrected chi connectivity index (χ2v) is 8.73. The van der Waals surface area contributed by atoms with E-state index in [4.69, 9.17) is 27.9 Å². The van der Waals surface area contributed by atoms with Crippen LogP contribution in [0.5, 0.6) is 5.75 Å². The summed E-state index contributed by atoms with van der Waals surface area (Å²) in [5, 5.41) is 3.67. The number of sulfonamides is 1. The van der Waals surface area contributed by atoms with Crippen LogP contribution in [0.25, 0.3) is 0 Å². The van der Waals surface area contributed by atoms with Crippen molar-refractivity contribution in [1.29, 1.82) is 0 Å². The first-order valence-electron chi connectivity index (χ1n) is 8.64. The van der Waals surface area contributed by atoms with Crippen molar-refractivity contribution in [2.45, 2.75) is 19.4 Å². The van der Waals surface area contributed by atoms with E-state index in [1.165, 1.54) is 0 Å². The Hall–Kier alpha value is -1.96. The Morgan fingerprint density at radius 3 is 2.36 bits per heavy atom. The molecule has 1 atom stereocenters. The lowest BCUT2D eigenvalue weighted by atomic mass is 10.2. The summed E-state index contributed by atoms with van der Waals surface area (Å²) in [7, 11) is -3.69. The zero-order valence-electron chi connectivity index (χ0n) is 15.6. The highest BCUT2D eigenvalue weighted by Crippen LogP contribution is 2.25. The number of ether oxygens (including phenoxy) is 1. The third kappa shape index (κ3) is 6.02. The maximum atomic E-state index is 12.7. The average molecular weight is 445 g/mol. The van der Waals surface area contributed by atoms with E-state index in [1.54, 1.807) is 55.5 Å². The number of hydrogen-bond donors (Lipinski definition) is 1. The molecule has 2 aromatic carbocycles. The molecule has 9 heteroatoms. The zero-order chi connectivity index (χ0) is 20.7. The first-order valence-corrected chi connectivity index (χ1v) is 11.2. The minimum atomic E-state index is -3.69. The molecule has 0 aromatic heterocycles. The number of nitrogens with zero attached hydrogens (tertiary/aromatic N) is 1. The van der Waals surface area contributed by atoms with Crippen molar-refractivity contribution >= 4 is 44.8 Å². The number of carbonyl (C=O) groups is 1. The Balaban J connectivity index is 2.05. The van der Waals surface area contributed by atoms with E-state index < -0.39 is 22.0 Å². The van der Waals surface area contributed by atoms with Crippen LogP contribution in [0.15, 0.2) is 48.5 Å². The van der Waals surface area contributed by atoms with E-state index in [-0.39, 0.29) is 13.2 Å². The van der Waals surface area contributed by atoms with Gasteiger partial charge >= 0.3 is 0 Å². The van der Waals surface area contributed by atoms with Crippen molar-refractivity contribution in [3.05, 3.63) is 58.6 Å². The number of amides is 1. The molecule has 2 aromatic rings. The van der Waals surface area contributed by atoms with Crippen LogP contribution in [-0.2, 0) is 14.8 Å². The molecule has 152 valence electrons. The van der Waals surface area contributed by atoms with Gasteiger partial charge in [0.1, 0.15) is 18.4 Å². The molecule has 0 aliphatic carbocycles. The lowest BCUT2D eigenvalue weighted by Gasteiger charge is -2.30. The van der Waals surface area contributed by atoms with Crippen molar-refractivity contribution in [2.75, 3.05) is 23.7 Å². The second-order valence-electron chi connectivity index (χ2n) is 6.03. The largest absolute Gasteiger partial charge is 0.490 e. The highest BCUT2D eigenvalue weighted by Gasteiger charge is 2.31.